The maximum absolute atomic E-state index is 12.5. The van der Waals surface area contributed by atoms with Gasteiger partial charge < -0.3 is 14.1 Å². The number of halogens is 3. The minimum Gasteiger partial charge on any atom is -0.408 e. The molecule has 1 fully saturated rings. The lowest BCUT2D eigenvalue weighted by Crippen LogP contribution is -2.49. The van der Waals surface area contributed by atoms with E-state index >= 15 is 0 Å². The van der Waals surface area contributed by atoms with Crippen LogP contribution in [0.25, 0.3) is 11.1 Å². The number of Topliss-reactive ketones (excluding diaryl/α,β-unsaturated/α-hetero) is 1. The Morgan fingerprint density at radius 2 is 1.71 bits per heavy atom. The number of piperazine rings is 1. The second kappa shape index (κ2) is 10.3. The van der Waals surface area contributed by atoms with Crippen molar-refractivity contribution < 1.29 is 31.9 Å². The fraction of sp³-hybridized carbons (Fsp3) is 0.375. The largest absolute Gasteiger partial charge is 0.573 e. The summed E-state index contributed by atoms with van der Waals surface area (Å²) in [6.45, 7) is 2.95. The number of oxazole rings is 1. The van der Waals surface area contributed by atoms with E-state index in [2.05, 4.69) is 14.6 Å². The van der Waals surface area contributed by atoms with Crippen LogP contribution in [-0.4, -0.2) is 65.6 Å². The molecule has 1 N–H and O–H groups in total. The van der Waals surface area contributed by atoms with Crippen LogP contribution in [0.5, 0.6) is 5.75 Å². The number of rotatable bonds is 8. The van der Waals surface area contributed by atoms with E-state index < -0.39 is 12.1 Å². The molecule has 1 saturated heterocycles. The van der Waals surface area contributed by atoms with Crippen molar-refractivity contribution in [1.82, 2.24) is 14.8 Å². The first-order valence-corrected chi connectivity index (χ1v) is 11.2. The van der Waals surface area contributed by atoms with Gasteiger partial charge in [-0.25, -0.2) is 4.79 Å². The van der Waals surface area contributed by atoms with Crippen molar-refractivity contribution in [2.24, 2.45) is 0 Å². The maximum Gasteiger partial charge on any atom is 0.573 e. The average molecular weight is 491 g/mol. The summed E-state index contributed by atoms with van der Waals surface area (Å²) in [4.78, 5) is 42.8. The van der Waals surface area contributed by atoms with Crippen molar-refractivity contribution >= 4 is 22.8 Å². The molecule has 1 amide bonds. The Morgan fingerprint density at radius 3 is 2.40 bits per heavy atom. The first-order chi connectivity index (χ1) is 16.7. The molecular weight excluding hydrogens is 467 g/mol. The molecule has 1 aliphatic rings. The molecule has 35 heavy (non-hydrogen) atoms. The second-order valence-corrected chi connectivity index (χ2v) is 8.31. The molecule has 0 atom stereocenters. The number of nitrogens with zero attached hydrogens (tertiary/aromatic N) is 2. The summed E-state index contributed by atoms with van der Waals surface area (Å²) >= 11 is 0. The summed E-state index contributed by atoms with van der Waals surface area (Å²) in [5.41, 5.74) is 2.12. The number of benzene rings is 2. The van der Waals surface area contributed by atoms with Gasteiger partial charge in [-0.15, -0.1) is 13.2 Å². The van der Waals surface area contributed by atoms with Crippen molar-refractivity contribution in [3.05, 3.63) is 64.1 Å². The lowest BCUT2D eigenvalue weighted by molar-refractivity contribution is -0.274. The molecule has 8 nitrogen and oxygen atoms in total. The van der Waals surface area contributed by atoms with Gasteiger partial charge in [-0.3, -0.25) is 19.5 Å². The van der Waals surface area contributed by atoms with Crippen LogP contribution < -0.4 is 10.5 Å². The van der Waals surface area contributed by atoms with Gasteiger partial charge in [-0.05, 0) is 42.3 Å². The van der Waals surface area contributed by atoms with Gasteiger partial charge in [0.25, 0.3) is 0 Å². The van der Waals surface area contributed by atoms with Crippen molar-refractivity contribution in [3.8, 4) is 5.75 Å². The standard InChI is InChI=1S/C24H24F3N3O5/c25-24(26,27)35-18-5-1-16(2-6-18)3-8-22(32)30-13-11-29(12-14-30)10-9-20(31)17-4-7-19-21(15-17)34-23(33)28-19/h1-2,4-7,15H,3,8-14H2,(H,28,33). The smallest absolute Gasteiger partial charge is 0.408 e. The lowest BCUT2D eigenvalue weighted by Gasteiger charge is -2.34. The van der Waals surface area contributed by atoms with Gasteiger partial charge in [0.05, 0.1) is 5.52 Å². The highest BCUT2D eigenvalue weighted by molar-refractivity contribution is 5.98. The second-order valence-electron chi connectivity index (χ2n) is 8.31. The number of carbonyl (C=O) groups excluding carboxylic acids is 2. The zero-order valence-corrected chi connectivity index (χ0v) is 18.8. The van der Waals surface area contributed by atoms with Gasteiger partial charge in [0.15, 0.2) is 11.4 Å². The monoisotopic (exact) mass is 491 g/mol. The maximum atomic E-state index is 12.5. The van der Waals surface area contributed by atoms with E-state index in [4.69, 9.17) is 4.42 Å². The highest BCUT2D eigenvalue weighted by Crippen LogP contribution is 2.23. The SMILES string of the molecule is O=C(CCN1CCN(C(=O)CCc2ccc(OC(F)(F)F)cc2)CC1)c1ccc2[nH]c(=O)oc2c1. The number of aryl methyl sites for hydroxylation is 1. The molecule has 0 bridgehead atoms. The zero-order chi connectivity index (χ0) is 25.0. The number of hydrogen-bond donors (Lipinski definition) is 1. The van der Waals surface area contributed by atoms with Gasteiger partial charge in [0.1, 0.15) is 5.75 Å². The van der Waals surface area contributed by atoms with Crippen LogP contribution >= 0.6 is 0 Å². The van der Waals surface area contributed by atoms with Crippen LogP contribution in [0.15, 0.2) is 51.7 Å². The van der Waals surface area contributed by atoms with Gasteiger partial charge in [0.2, 0.25) is 5.91 Å². The third-order valence-corrected chi connectivity index (χ3v) is 5.91. The molecular formula is C24H24F3N3O5. The van der Waals surface area contributed by atoms with Crippen LogP contribution in [0, 0.1) is 0 Å². The van der Waals surface area contributed by atoms with Crippen LogP contribution in [0.3, 0.4) is 0 Å². The first-order valence-electron chi connectivity index (χ1n) is 11.2. The predicted octanol–water partition coefficient (Wildman–Crippen LogP) is 3.37. The predicted molar refractivity (Wildman–Crippen MR) is 120 cm³/mol. The van der Waals surface area contributed by atoms with E-state index in [1.54, 1.807) is 23.1 Å². The van der Waals surface area contributed by atoms with E-state index in [9.17, 15) is 27.6 Å². The normalized spacial score (nSPS) is 14.9. The molecule has 0 aliphatic carbocycles. The summed E-state index contributed by atoms with van der Waals surface area (Å²) in [5.74, 6) is -0.928. The molecule has 0 spiro atoms. The molecule has 2 aromatic carbocycles. The third kappa shape index (κ3) is 6.72. The number of H-pyrrole nitrogens is 1. The summed E-state index contributed by atoms with van der Waals surface area (Å²) in [6.07, 6.45) is -3.74. The van der Waals surface area contributed by atoms with E-state index in [0.29, 0.717) is 62.2 Å². The number of ether oxygens (including phenoxy) is 1. The summed E-state index contributed by atoms with van der Waals surface area (Å²) < 4.78 is 45.6. The molecule has 1 aromatic heterocycles. The fourth-order valence-electron chi connectivity index (χ4n) is 4.01. The van der Waals surface area contributed by atoms with Crippen molar-refractivity contribution in [3.63, 3.8) is 0 Å². The number of nitrogens with one attached hydrogen (secondary N) is 1. The number of fused-ring (bicyclic) bond motifs is 1. The molecule has 0 saturated carbocycles. The number of amides is 1. The Kier molecular flexibility index (Phi) is 7.25. The Balaban J connectivity index is 1.18. The Morgan fingerprint density at radius 1 is 1.00 bits per heavy atom. The van der Waals surface area contributed by atoms with E-state index in [-0.39, 0.29) is 23.9 Å². The van der Waals surface area contributed by atoms with Crippen molar-refractivity contribution in [2.45, 2.75) is 25.6 Å². The van der Waals surface area contributed by atoms with Crippen LogP contribution in [0.1, 0.15) is 28.8 Å². The van der Waals surface area contributed by atoms with Gasteiger partial charge in [0, 0.05) is 51.1 Å². The summed E-state index contributed by atoms with van der Waals surface area (Å²) in [6, 6.07) is 10.4. The zero-order valence-electron chi connectivity index (χ0n) is 18.8. The number of hydrogen-bond acceptors (Lipinski definition) is 6. The molecule has 1 aliphatic heterocycles. The third-order valence-electron chi connectivity index (χ3n) is 5.91. The van der Waals surface area contributed by atoms with Gasteiger partial charge >= 0.3 is 12.1 Å². The molecule has 186 valence electrons. The molecule has 0 radical (unpaired) electrons. The number of ketones is 1. The van der Waals surface area contributed by atoms with Crippen molar-refractivity contribution in [1.29, 1.82) is 0 Å². The number of carbonyl (C=O) groups is 2. The number of aromatic amines is 1. The van der Waals surface area contributed by atoms with Gasteiger partial charge in [-0.2, -0.15) is 0 Å². The Bertz CT molecular complexity index is 1240. The Hall–Kier alpha value is -3.60. The van der Waals surface area contributed by atoms with Crippen molar-refractivity contribution in [2.75, 3.05) is 32.7 Å². The lowest BCUT2D eigenvalue weighted by atomic mass is 10.1. The van der Waals surface area contributed by atoms with E-state index in [1.807, 2.05) is 0 Å². The molecule has 11 heteroatoms. The molecule has 3 aromatic rings. The highest BCUT2D eigenvalue weighted by Gasteiger charge is 2.31. The quantitative estimate of drug-likeness (QED) is 0.486. The number of alkyl halides is 3. The average Bonchev–Trinajstić information content (AvgIpc) is 3.20. The minimum atomic E-state index is -4.73. The van der Waals surface area contributed by atoms with Crippen LogP contribution in [0.2, 0.25) is 0 Å². The van der Waals surface area contributed by atoms with Crippen LogP contribution in [0.4, 0.5) is 13.2 Å². The topological polar surface area (TPSA) is 95.9 Å². The Labute approximate surface area is 198 Å². The fourth-order valence-corrected chi connectivity index (χ4v) is 4.01. The van der Waals surface area contributed by atoms with Crippen LogP contribution in [-0.2, 0) is 11.2 Å². The molecule has 4 rings (SSSR count). The molecule has 0 unspecified atom stereocenters. The minimum absolute atomic E-state index is 0.0161. The van der Waals surface area contributed by atoms with E-state index in [1.165, 1.54) is 24.3 Å². The van der Waals surface area contributed by atoms with Gasteiger partial charge in [-0.1, -0.05) is 12.1 Å². The molecule has 2 heterocycles. The first kappa shape index (κ1) is 24.5. The summed E-state index contributed by atoms with van der Waals surface area (Å²) in [7, 11) is 0. The summed E-state index contributed by atoms with van der Waals surface area (Å²) in [5, 5.41) is 0. The van der Waals surface area contributed by atoms with E-state index in [0.717, 1.165) is 5.56 Å². The number of aromatic nitrogens is 1. The highest BCUT2D eigenvalue weighted by atomic mass is 19.4.